The van der Waals surface area contributed by atoms with E-state index in [4.69, 9.17) is 28.4 Å². The summed E-state index contributed by atoms with van der Waals surface area (Å²) in [5, 5.41) is 0. The lowest BCUT2D eigenvalue weighted by atomic mass is 9.94. The minimum absolute atomic E-state index is 0.0444. The van der Waals surface area contributed by atoms with Gasteiger partial charge in [0.1, 0.15) is 24.6 Å². The lowest BCUT2D eigenvalue weighted by molar-refractivity contribution is -0.148. The molecule has 0 aliphatic carbocycles. The van der Waals surface area contributed by atoms with Crippen LogP contribution >= 0.6 is 0 Å². The van der Waals surface area contributed by atoms with Crippen LogP contribution in [0.3, 0.4) is 0 Å². The zero-order valence-electron chi connectivity index (χ0n) is 23.4. The van der Waals surface area contributed by atoms with Crippen LogP contribution in [0, 0.1) is 18.8 Å². The number of aryl methyl sites for hydroxylation is 1. The van der Waals surface area contributed by atoms with E-state index in [1.807, 2.05) is 65.8 Å². The molecule has 0 saturated carbocycles. The summed E-state index contributed by atoms with van der Waals surface area (Å²) in [5.74, 6) is -0.728. The van der Waals surface area contributed by atoms with Crippen molar-refractivity contribution < 1.29 is 33.2 Å². The molecule has 2 saturated heterocycles. The maximum atomic E-state index is 13.3. The first-order chi connectivity index (χ1) is 17.3. The Morgan fingerprint density at radius 3 is 2.41 bits per heavy atom. The van der Waals surface area contributed by atoms with Crippen LogP contribution in [0.2, 0.25) is 0 Å². The Hall–Kier alpha value is -2.19. The molecule has 3 aliphatic rings. The third-order valence-electron chi connectivity index (χ3n) is 7.20. The van der Waals surface area contributed by atoms with E-state index in [0.29, 0.717) is 30.9 Å². The second-order valence-electron chi connectivity index (χ2n) is 11.5. The Morgan fingerprint density at radius 1 is 0.973 bits per heavy atom. The Labute approximate surface area is 221 Å². The maximum Gasteiger partial charge on any atom is 0.339 e. The molecule has 4 rings (SSSR count). The van der Waals surface area contributed by atoms with Crippen LogP contribution in [0.4, 0.5) is 0 Å². The van der Waals surface area contributed by atoms with Gasteiger partial charge in [-0.2, -0.15) is 0 Å². The number of benzene rings is 1. The summed E-state index contributed by atoms with van der Waals surface area (Å²) in [6.07, 6.45) is 8.30. The van der Waals surface area contributed by atoms with Crippen molar-refractivity contribution in [1.82, 2.24) is 0 Å². The van der Waals surface area contributed by atoms with Crippen molar-refractivity contribution in [2.24, 2.45) is 11.8 Å². The lowest BCUT2D eigenvalue weighted by Crippen LogP contribution is -2.29. The van der Waals surface area contributed by atoms with Crippen molar-refractivity contribution in [2.75, 3.05) is 13.2 Å². The number of hydrogen-bond donors (Lipinski definition) is 0. The van der Waals surface area contributed by atoms with Gasteiger partial charge in [-0.05, 0) is 71.2 Å². The van der Waals surface area contributed by atoms with Gasteiger partial charge in [-0.15, -0.1) is 0 Å². The maximum absolute atomic E-state index is 13.3. The first-order valence-corrected chi connectivity index (χ1v) is 13.3. The lowest BCUT2D eigenvalue weighted by Gasteiger charge is -2.23. The molecule has 0 radical (unpaired) electrons. The van der Waals surface area contributed by atoms with Crippen LogP contribution < -0.4 is 4.74 Å². The Bertz CT molecular complexity index is 1040. The highest BCUT2D eigenvalue weighted by atomic mass is 16.8. The molecule has 0 aromatic heterocycles. The molecule has 7 heteroatoms. The predicted octanol–water partition coefficient (Wildman–Crippen LogP) is 5.84. The Morgan fingerprint density at radius 2 is 1.70 bits per heavy atom. The molecule has 0 spiro atoms. The van der Waals surface area contributed by atoms with Crippen LogP contribution in [0.25, 0.3) is 6.08 Å². The first kappa shape index (κ1) is 27.8. The van der Waals surface area contributed by atoms with Gasteiger partial charge in [0, 0.05) is 11.8 Å². The van der Waals surface area contributed by atoms with Gasteiger partial charge in [0.2, 0.25) is 0 Å². The fourth-order valence-electron chi connectivity index (χ4n) is 5.08. The van der Waals surface area contributed by atoms with Crippen molar-refractivity contribution in [2.45, 2.75) is 97.8 Å². The van der Waals surface area contributed by atoms with Crippen LogP contribution in [0.15, 0.2) is 30.4 Å². The number of ether oxygens (including phenoxy) is 6. The Balaban J connectivity index is 1.63. The summed E-state index contributed by atoms with van der Waals surface area (Å²) in [6, 6.07) is 3.76. The fourth-order valence-corrected chi connectivity index (χ4v) is 5.08. The molecule has 37 heavy (non-hydrogen) atoms. The predicted molar refractivity (Wildman–Crippen MR) is 141 cm³/mol. The van der Waals surface area contributed by atoms with E-state index in [1.165, 1.54) is 0 Å². The van der Waals surface area contributed by atoms with Gasteiger partial charge in [-0.3, -0.25) is 0 Å². The normalized spacial score (nSPS) is 35.1. The largest absolute Gasteiger partial charge is 0.491 e. The third-order valence-corrected chi connectivity index (χ3v) is 7.20. The van der Waals surface area contributed by atoms with Crippen LogP contribution in [-0.4, -0.2) is 55.2 Å². The summed E-state index contributed by atoms with van der Waals surface area (Å²) in [6.45, 7) is 16.6. The van der Waals surface area contributed by atoms with Gasteiger partial charge in [0.15, 0.2) is 11.6 Å². The molecule has 2 fully saturated rings. The molecule has 3 aliphatic heterocycles. The molecule has 6 atom stereocenters. The first-order valence-electron chi connectivity index (χ1n) is 13.3. The summed E-state index contributed by atoms with van der Waals surface area (Å²) in [4.78, 5) is 13.3. The molecule has 1 aromatic carbocycles. The van der Waals surface area contributed by atoms with Gasteiger partial charge in [0.25, 0.3) is 0 Å². The smallest absolute Gasteiger partial charge is 0.339 e. The quantitative estimate of drug-likeness (QED) is 0.371. The summed E-state index contributed by atoms with van der Waals surface area (Å²) in [5.41, 5.74) is 2.08. The number of esters is 1. The van der Waals surface area contributed by atoms with E-state index in [0.717, 1.165) is 11.1 Å². The van der Waals surface area contributed by atoms with Crippen molar-refractivity contribution in [3.05, 3.63) is 47.1 Å². The van der Waals surface area contributed by atoms with E-state index in [2.05, 4.69) is 26.0 Å². The van der Waals surface area contributed by atoms with Crippen LogP contribution in [-0.2, 0) is 23.7 Å². The monoisotopic (exact) mass is 514 g/mol. The van der Waals surface area contributed by atoms with E-state index in [1.54, 1.807) is 0 Å². The summed E-state index contributed by atoms with van der Waals surface area (Å²) in [7, 11) is 0. The van der Waals surface area contributed by atoms with Crippen LogP contribution in [0.1, 0.15) is 76.4 Å². The minimum atomic E-state index is -0.646. The fraction of sp³-hybridized carbons (Fsp3) is 0.633. The summed E-state index contributed by atoms with van der Waals surface area (Å²) >= 11 is 0. The van der Waals surface area contributed by atoms with Crippen molar-refractivity contribution >= 4 is 12.0 Å². The molecular formula is C30H42O7. The minimum Gasteiger partial charge on any atom is -0.491 e. The second-order valence-corrected chi connectivity index (χ2v) is 11.5. The van der Waals surface area contributed by atoms with Gasteiger partial charge < -0.3 is 28.4 Å². The zero-order valence-corrected chi connectivity index (χ0v) is 23.4. The van der Waals surface area contributed by atoms with E-state index in [9.17, 15) is 4.79 Å². The molecule has 0 amide bonds. The molecule has 3 heterocycles. The van der Waals surface area contributed by atoms with Crippen molar-refractivity contribution in [3.8, 4) is 5.75 Å². The average Bonchev–Trinajstić information content (AvgIpc) is 3.32. The topological polar surface area (TPSA) is 72.5 Å². The van der Waals surface area contributed by atoms with E-state index in [-0.39, 0.29) is 42.2 Å². The van der Waals surface area contributed by atoms with Crippen LogP contribution in [0.5, 0.6) is 5.75 Å². The molecule has 0 bridgehead atoms. The Kier molecular flexibility index (Phi) is 8.19. The number of rotatable bonds is 3. The van der Waals surface area contributed by atoms with Crippen molar-refractivity contribution in [1.29, 1.82) is 0 Å². The summed E-state index contributed by atoms with van der Waals surface area (Å²) < 4.78 is 36.0. The van der Waals surface area contributed by atoms with E-state index < -0.39 is 11.6 Å². The molecule has 7 nitrogen and oxygen atoms in total. The molecular weight excluding hydrogens is 472 g/mol. The molecule has 0 N–H and O–H groups in total. The molecule has 204 valence electrons. The molecule has 1 aromatic rings. The standard InChI is InChI=1S/C30H42O7/c1-18-12-13-19(2)27-25(36-30(7,8)37-27)11-9-10-22-15-23(32-16-24-17-33-29(5,6)35-24)14-20(3)26(22)28(31)34-21(18)4/h9-10,12-15,18-19,21,24-25,27H,11,16-17H2,1-8H3/b10-9+,13-12-/t18-,19-,21+,24+,25+,27?/m1/s1. The second kappa shape index (κ2) is 10.9. The van der Waals surface area contributed by atoms with Crippen molar-refractivity contribution in [3.63, 3.8) is 0 Å². The third kappa shape index (κ3) is 6.82. The highest BCUT2D eigenvalue weighted by molar-refractivity contribution is 5.95. The van der Waals surface area contributed by atoms with Gasteiger partial charge in [0.05, 0.1) is 24.4 Å². The molecule has 1 unspecified atom stereocenters. The number of fused-ring (bicyclic) bond motifs is 2. The zero-order chi connectivity index (χ0) is 27.0. The average molecular weight is 515 g/mol. The van der Waals surface area contributed by atoms with Gasteiger partial charge in [-0.25, -0.2) is 4.79 Å². The van der Waals surface area contributed by atoms with E-state index >= 15 is 0 Å². The number of cyclic esters (lactones) is 1. The number of hydrogen-bond acceptors (Lipinski definition) is 7. The highest BCUT2D eigenvalue weighted by Gasteiger charge is 2.42. The van der Waals surface area contributed by atoms with Gasteiger partial charge in [-0.1, -0.05) is 38.2 Å². The highest BCUT2D eigenvalue weighted by Crippen LogP contribution is 2.35. The number of carbonyl (C=O) groups excluding carboxylic acids is 1. The number of carbonyl (C=O) groups is 1. The van der Waals surface area contributed by atoms with Gasteiger partial charge >= 0.3 is 5.97 Å². The SMILES string of the molecule is Cc1cc(OC[C@H]2COC(C)(C)O2)cc2c1C(=O)O[C@@H](C)[C@H](C)/C=C\[C@@H](C)C1OC(C)(C)O[C@H]1C/C=C/2.